The maximum atomic E-state index is 5.02. The standard InChI is InChI=1S/C19H23N3/c1-2-6-15(7-3-1)17-14-19(22-12-10-20-11-13-22)21-18-9-5-4-8-16(17)18/h1-3,6-7,14,20H,4-5,8-13H2. The van der Waals surface area contributed by atoms with Crippen molar-refractivity contribution in [2.45, 2.75) is 25.7 Å². The van der Waals surface area contributed by atoms with Gasteiger partial charge in [-0.1, -0.05) is 30.3 Å². The summed E-state index contributed by atoms with van der Waals surface area (Å²) in [4.78, 5) is 7.45. The number of benzene rings is 1. The molecule has 2 aromatic rings. The molecule has 2 heterocycles. The van der Waals surface area contributed by atoms with E-state index in [-0.39, 0.29) is 0 Å². The second kappa shape index (κ2) is 6.09. The highest BCUT2D eigenvalue weighted by molar-refractivity contribution is 5.72. The smallest absolute Gasteiger partial charge is 0.129 e. The number of nitrogens with one attached hydrogen (secondary N) is 1. The number of hydrogen-bond acceptors (Lipinski definition) is 3. The van der Waals surface area contributed by atoms with E-state index in [1.807, 2.05) is 0 Å². The minimum atomic E-state index is 1.05. The van der Waals surface area contributed by atoms with Crippen molar-refractivity contribution in [1.82, 2.24) is 10.3 Å². The summed E-state index contributed by atoms with van der Waals surface area (Å²) in [5.74, 6) is 1.17. The van der Waals surface area contributed by atoms with Gasteiger partial charge in [0.15, 0.2) is 0 Å². The average molecular weight is 293 g/mol. The first-order valence-electron chi connectivity index (χ1n) is 8.46. The number of anilines is 1. The zero-order valence-corrected chi connectivity index (χ0v) is 13.0. The Hall–Kier alpha value is -1.87. The van der Waals surface area contributed by atoms with Crippen LogP contribution in [0.4, 0.5) is 5.82 Å². The van der Waals surface area contributed by atoms with Gasteiger partial charge in [-0.2, -0.15) is 0 Å². The van der Waals surface area contributed by atoms with Gasteiger partial charge in [-0.3, -0.25) is 0 Å². The summed E-state index contributed by atoms with van der Waals surface area (Å²) in [6.45, 7) is 4.22. The van der Waals surface area contributed by atoms with Crippen LogP contribution >= 0.6 is 0 Å². The van der Waals surface area contributed by atoms with E-state index in [1.165, 1.54) is 47.5 Å². The first kappa shape index (κ1) is 13.8. The fourth-order valence-electron chi connectivity index (χ4n) is 3.62. The average Bonchev–Trinajstić information content (AvgIpc) is 2.62. The summed E-state index contributed by atoms with van der Waals surface area (Å²) >= 11 is 0. The van der Waals surface area contributed by atoms with Gasteiger partial charge < -0.3 is 10.2 Å². The van der Waals surface area contributed by atoms with Crippen LogP contribution in [0.2, 0.25) is 0 Å². The summed E-state index contributed by atoms with van der Waals surface area (Å²) in [5.41, 5.74) is 5.55. The Kier molecular flexibility index (Phi) is 3.81. The number of fused-ring (bicyclic) bond motifs is 1. The van der Waals surface area contributed by atoms with Crippen molar-refractivity contribution in [3.05, 3.63) is 47.7 Å². The second-order valence-electron chi connectivity index (χ2n) is 6.26. The van der Waals surface area contributed by atoms with Crippen LogP contribution in [-0.2, 0) is 12.8 Å². The maximum absolute atomic E-state index is 5.02. The molecule has 2 aliphatic rings. The Bertz CT molecular complexity index is 645. The number of piperazine rings is 1. The molecule has 0 amide bonds. The molecule has 0 saturated carbocycles. The summed E-state index contributed by atoms with van der Waals surface area (Å²) in [6.07, 6.45) is 4.88. The van der Waals surface area contributed by atoms with Crippen molar-refractivity contribution in [2.75, 3.05) is 31.1 Å². The van der Waals surface area contributed by atoms with Crippen molar-refractivity contribution in [2.24, 2.45) is 0 Å². The molecule has 1 fully saturated rings. The van der Waals surface area contributed by atoms with E-state index in [0.29, 0.717) is 0 Å². The zero-order valence-electron chi connectivity index (χ0n) is 13.0. The molecule has 1 N–H and O–H groups in total. The lowest BCUT2D eigenvalue weighted by atomic mass is 9.89. The minimum Gasteiger partial charge on any atom is -0.354 e. The van der Waals surface area contributed by atoms with E-state index < -0.39 is 0 Å². The maximum Gasteiger partial charge on any atom is 0.129 e. The molecule has 3 nitrogen and oxygen atoms in total. The first-order valence-corrected chi connectivity index (χ1v) is 8.46. The summed E-state index contributed by atoms with van der Waals surface area (Å²) in [5, 5.41) is 3.42. The molecule has 0 unspecified atom stereocenters. The van der Waals surface area contributed by atoms with Gasteiger partial charge in [0.2, 0.25) is 0 Å². The topological polar surface area (TPSA) is 28.2 Å². The van der Waals surface area contributed by atoms with Gasteiger partial charge in [0.05, 0.1) is 0 Å². The van der Waals surface area contributed by atoms with Crippen LogP contribution < -0.4 is 10.2 Å². The van der Waals surface area contributed by atoms with Gasteiger partial charge in [-0.15, -0.1) is 0 Å². The van der Waals surface area contributed by atoms with Crippen LogP contribution in [0.3, 0.4) is 0 Å². The molecule has 0 atom stereocenters. The molecule has 0 bridgehead atoms. The van der Waals surface area contributed by atoms with Crippen molar-refractivity contribution in [1.29, 1.82) is 0 Å². The number of aryl methyl sites for hydroxylation is 1. The first-order chi connectivity index (χ1) is 10.9. The molecule has 1 aliphatic heterocycles. The fourth-order valence-corrected chi connectivity index (χ4v) is 3.62. The fraction of sp³-hybridized carbons (Fsp3) is 0.421. The van der Waals surface area contributed by atoms with E-state index in [2.05, 4.69) is 46.6 Å². The molecule has 0 radical (unpaired) electrons. The Balaban J connectivity index is 1.81. The van der Waals surface area contributed by atoms with Crippen molar-refractivity contribution in [3.8, 4) is 11.1 Å². The number of rotatable bonds is 2. The quantitative estimate of drug-likeness (QED) is 0.922. The van der Waals surface area contributed by atoms with Gasteiger partial charge in [-0.05, 0) is 48.4 Å². The molecule has 0 spiro atoms. The van der Waals surface area contributed by atoms with Gasteiger partial charge in [0.25, 0.3) is 0 Å². The lowest BCUT2D eigenvalue weighted by Gasteiger charge is -2.30. The molecule has 1 aromatic carbocycles. The Morgan fingerprint density at radius 2 is 1.73 bits per heavy atom. The minimum absolute atomic E-state index is 1.05. The predicted octanol–water partition coefficient (Wildman–Crippen LogP) is 3.04. The normalized spacial score (nSPS) is 18.1. The molecule has 1 aliphatic carbocycles. The highest BCUT2D eigenvalue weighted by Gasteiger charge is 2.20. The number of hydrogen-bond donors (Lipinski definition) is 1. The van der Waals surface area contributed by atoms with Crippen LogP contribution in [0.5, 0.6) is 0 Å². The SMILES string of the molecule is c1ccc(-c2cc(N3CCNCC3)nc3c2CCCC3)cc1. The third-order valence-corrected chi connectivity index (χ3v) is 4.81. The Morgan fingerprint density at radius 3 is 2.55 bits per heavy atom. The Labute approximate surface area is 132 Å². The van der Waals surface area contributed by atoms with E-state index in [0.717, 1.165) is 32.6 Å². The summed E-state index contributed by atoms with van der Waals surface area (Å²) in [6, 6.07) is 13.1. The highest BCUT2D eigenvalue weighted by Crippen LogP contribution is 2.33. The number of pyridine rings is 1. The molecule has 3 heteroatoms. The summed E-state index contributed by atoms with van der Waals surface area (Å²) < 4.78 is 0. The predicted molar refractivity (Wildman–Crippen MR) is 91.4 cm³/mol. The van der Waals surface area contributed by atoms with Gasteiger partial charge in [0.1, 0.15) is 5.82 Å². The van der Waals surface area contributed by atoms with E-state index in [9.17, 15) is 0 Å². The second-order valence-corrected chi connectivity index (χ2v) is 6.26. The van der Waals surface area contributed by atoms with Crippen LogP contribution in [0.25, 0.3) is 11.1 Å². The van der Waals surface area contributed by atoms with Crippen molar-refractivity contribution >= 4 is 5.82 Å². The molecule has 1 saturated heterocycles. The van der Waals surface area contributed by atoms with Gasteiger partial charge >= 0.3 is 0 Å². The van der Waals surface area contributed by atoms with Gasteiger partial charge in [-0.25, -0.2) is 4.98 Å². The van der Waals surface area contributed by atoms with E-state index >= 15 is 0 Å². The molecule has 114 valence electrons. The van der Waals surface area contributed by atoms with Crippen LogP contribution in [0.1, 0.15) is 24.1 Å². The summed E-state index contributed by atoms with van der Waals surface area (Å²) in [7, 11) is 0. The Morgan fingerprint density at radius 1 is 0.955 bits per heavy atom. The van der Waals surface area contributed by atoms with Crippen molar-refractivity contribution < 1.29 is 0 Å². The molecule has 22 heavy (non-hydrogen) atoms. The third-order valence-electron chi connectivity index (χ3n) is 4.81. The molecular weight excluding hydrogens is 270 g/mol. The van der Waals surface area contributed by atoms with E-state index in [1.54, 1.807) is 0 Å². The zero-order chi connectivity index (χ0) is 14.8. The van der Waals surface area contributed by atoms with Crippen LogP contribution in [-0.4, -0.2) is 31.2 Å². The largest absolute Gasteiger partial charge is 0.354 e. The lowest BCUT2D eigenvalue weighted by molar-refractivity contribution is 0.582. The van der Waals surface area contributed by atoms with Crippen molar-refractivity contribution in [3.63, 3.8) is 0 Å². The van der Waals surface area contributed by atoms with Gasteiger partial charge in [0, 0.05) is 31.9 Å². The third kappa shape index (κ3) is 2.61. The number of aromatic nitrogens is 1. The number of nitrogens with zero attached hydrogens (tertiary/aromatic N) is 2. The molecule has 4 rings (SSSR count). The molecular formula is C19H23N3. The monoisotopic (exact) mass is 293 g/mol. The molecule has 1 aromatic heterocycles. The highest BCUT2D eigenvalue weighted by atomic mass is 15.2. The van der Waals surface area contributed by atoms with E-state index in [4.69, 9.17) is 4.98 Å². The van der Waals surface area contributed by atoms with Crippen LogP contribution in [0.15, 0.2) is 36.4 Å². The lowest BCUT2D eigenvalue weighted by Crippen LogP contribution is -2.44. The van der Waals surface area contributed by atoms with Crippen LogP contribution in [0, 0.1) is 0 Å².